The quantitative estimate of drug-likeness (QED) is 0.825. The Kier molecular flexibility index (Phi) is 4.71. The van der Waals surface area contributed by atoms with Crippen molar-refractivity contribution in [3.8, 4) is 0 Å². The maximum Gasteiger partial charge on any atom is 0.317 e. The molecule has 110 valence electrons. The molecule has 2 unspecified atom stereocenters. The molecule has 0 aromatic heterocycles. The lowest BCUT2D eigenvalue weighted by Gasteiger charge is -2.46. The molecule has 0 aromatic carbocycles. The fourth-order valence-corrected chi connectivity index (χ4v) is 3.82. The number of nitrogens with two attached hydrogens (primary N) is 1. The van der Waals surface area contributed by atoms with Crippen LogP contribution in [0.3, 0.4) is 0 Å². The Morgan fingerprint density at radius 1 is 1.32 bits per heavy atom. The molecule has 0 radical (unpaired) electrons. The Balaban J connectivity index is 1.98. The third kappa shape index (κ3) is 3.22. The van der Waals surface area contributed by atoms with E-state index in [0.29, 0.717) is 18.5 Å². The highest BCUT2D eigenvalue weighted by Gasteiger charge is 2.40. The van der Waals surface area contributed by atoms with E-state index in [-0.39, 0.29) is 11.6 Å². The van der Waals surface area contributed by atoms with Crippen LogP contribution in [0.15, 0.2) is 0 Å². The fourth-order valence-electron chi connectivity index (χ4n) is 3.82. The van der Waals surface area contributed by atoms with Crippen molar-refractivity contribution in [1.29, 1.82) is 0 Å². The molecule has 4 nitrogen and oxygen atoms in total. The molecule has 0 spiro atoms. The van der Waals surface area contributed by atoms with Crippen molar-refractivity contribution in [2.75, 3.05) is 13.6 Å². The van der Waals surface area contributed by atoms with Gasteiger partial charge in [-0.1, -0.05) is 32.6 Å². The minimum Gasteiger partial charge on any atom is -0.335 e. The highest BCUT2D eigenvalue weighted by Crippen LogP contribution is 2.35. The topological polar surface area (TPSA) is 58.4 Å². The second-order valence-electron chi connectivity index (χ2n) is 6.62. The van der Waals surface area contributed by atoms with E-state index < -0.39 is 0 Å². The van der Waals surface area contributed by atoms with E-state index in [1.165, 1.54) is 25.7 Å². The van der Waals surface area contributed by atoms with E-state index >= 15 is 0 Å². The minimum absolute atomic E-state index is 0.0754. The maximum atomic E-state index is 12.4. The first kappa shape index (κ1) is 14.6. The van der Waals surface area contributed by atoms with Gasteiger partial charge < -0.3 is 16.0 Å². The van der Waals surface area contributed by atoms with E-state index in [4.69, 9.17) is 5.73 Å². The van der Waals surface area contributed by atoms with Gasteiger partial charge in [-0.2, -0.15) is 0 Å². The summed E-state index contributed by atoms with van der Waals surface area (Å²) in [6.07, 6.45) is 9.28. The molecule has 0 saturated heterocycles. The van der Waals surface area contributed by atoms with Gasteiger partial charge in [0.2, 0.25) is 0 Å². The molecule has 0 bridgehead atoms. The molecule has 0 heterocycles. The van der Waals surface area contributed by atoms with E-state index in [9.17, 15) is 4.79 Å². The van der Waals surface area contributed by atoms with Gasteiger partial charge in [0, 0.05) is 19.6 Å². The van der Waals surface area contributed by atoms with Crippen LogP contribution in [0, 0.1) is 5.92 Å². The van der Waals surface area contributed by atoms with Crippen LogP contribution < -0.4 is 11.1 Å². The number of hydrogen-bond acceptors (Lipinski definition) is 2. The average molecular weight is 267 g/mol. The van der Waals surface area contributed by atoms with Gasteiger partial charge in [-0.05, 0) is 31.6 Å². The van der Waals surface area contributed by atoms with Crippen LogP contribution in [0.5, 0.6) is 0 Å². The Hall–Kier alpha value is -0.770. The molecule has 4 heteroatoms. The van der Waals surface area contributed by atoms with Gasteiger partial charge >= 0.3 is 6.03 Å². The summed E-state index contributed by atoms with van der Waals surface area (Å²) in [5.41, 5.74) is 5.90. The number of hydrogen-bond donors (Lipinski definition) is 2. The largest absolute Gasteiger partial charge is 0.335 e. The van der Waals surface area contributed by atoms with Gasteiger partial charge in [0.05, 0.1) is 5.54 Å². The van der Waals surface area contributed by atoms with Crippen LogP contribution in [-0.2, 0) is 0 Å². The first-order valence-electron chi connectivity index (χ1n) is 7.82. The molecule has 2 rings (SSSR count). The van der Waals surface area contributed by atoms with Crippen molar-refractivity contribution in [1.82, 2.24) is 10.2 Å². The van der Waals surface area contributed by atoms with Crippen LogP contribution in [0.4, 0.5) is 4.79 Å². The normalized spacial score (nSPS) is 32.3. The van der Waals surface area contributed by atoms with Crippen LogP contribution in [0.25, 0.3) is 0 Å². The summed E-state index contributed by atoms with van der Waals surface area (Å²) < 4.78 is 0. The molecule has 2 amide bonds. The Morgan fingerprint density at radius 2 is 2.00 bits per heavy atom. The van der Waals surface area contributed by atoms with Crippen molar-refractivity contribution < 1.29 is 4.79 Å². The number of rotatable bonds is 3. The molecule has 3 N–H and O–H groups in total. The molecular weight excluding hydrogens is 238 g/mol. The highest BCUT2D eigenvalue weighted by atomic mass is 16.2. The third-order valence-electron chi connectivity index (χ3n) is 5.15. The Labute approximate surface area is 117 Å². The minimum atomic E-state index is -0.125. The van der Waals surface area contributed by atoms with E-state index in [1.807, 2.05) is 11.9 Å². The summed E-state index contributed by atoms with van der Waals surface area (Å²) in [4.78, 5) is 14.3. The molecule has 2 aliphatic rings. The second-order valence-corrected chi connectivity index (χ2v) is 6.62. The van der Waals surface area contributed by atoms with Crippen molar-refractivity contribution in [2.24, 2.45) is 11.7 Å². The van der Waals surface area contributed by atoms with Gasteiger partial charge in [-0.15, -0.1) is 0 Å². The average Bonchev–Trinajstić information content (AvgIpc) is 2.90. The Morgan fingerprint density at radius 3 is 2.58 bits per heavy atom. The molecule has 0 aliphatic heterocycles. The summed E-state index contributed by atoms with van der Waals surface area (Å²) in [7, 11) is 1.93. The van der Waals surface area contributed by atoms with Gasteiger partial charge in [0.15, 0.2) is 0 Å². The van der Waals surface area contributed by atoms with Gasteiger partial charge in [-0.25, -0.2) is 4.79 Å². The number of nitrogens with one attached hydrogen (secondary N) is 1. The van der Waals surface area contributed by atoms with Crippen LogP contribution in [0.2, 0.25) is 0 Å². The number of nitrogens with zero attached hydrogens (tertiary/aromatic N) is 1. The smallest absolute Gasteiger partial charge is 0.317 e. The zero-order valence-electron chi connectivity index (χ0n) is 12.5. The van der Waals surface area contributed by atoms with Gasteiger partial charge in [0.1, 0.15) is 0 Å². The zero-order valence-corrected chi connectivity index (χ0v) is 12.5. The summed E-state index contributed by atoms with van der Waals surface area (Å²) in [6, 6.07) is 0.456. The number of amides is 2. The van der Waals surface area contributed by atoms with Crippen LogP contribution in [-0.4, -0.2) is 36.1 Å². The lowest BCUT2D eigenvalue weighted by atomic mass is 9.75. The standard InChI is InChI=1S/C15H29N3O/c1-12-6-5-9-15(10-12,11-16)18(2)14(19)17-13-7-3-4-8-13/h12-13H,3-11,16H2,1-2H3,(H,17,19). The Bertz CT molecular complexity index is 315. The number of carbonyl (C=O) groups excluding carboxylic acids is 1. The van der Waals surface area contributed by atoms with Crippen molar-refractivity contribution in [2.45, 2.75) is 69.9 Å². The molecule has 2 saturated carbocycles. The van der Waals surface area contributed by atoms with E-state index in [1.54, 1.807) is 0 Å². The summed E-state index contributed by atoms with van der Waals surface area (Å²) in [5.74, 6) is 0.666. The molecule has 2 fully saturated rings. The van der Waals surface area contributed by atoms with Crippen molar-refractivity contribution >= 4 is 6.03 Å². The van der Waals surface area contributed by atoms with E-state index in [0.717, 1.165) is 25.7 Å². The molecular formula is C15H29N3O. The lowest BCUT2D eigenvalue weighted by Crippen LogP contribution is -2.59. The highest BCUT2D eigenvalue weighted by molar-refractivity contribution is 5.75. The second kappa shape index (κ2) is 6.12. The molecule has 19 heavy (non-hydrogen) atoms. The van der Waals surface area contributed by atoms with Crippen LogP contribution in [0.1, 0.15) is 58.3 Å². The van der Waals surface area contributed by atoms with Crippen LogP contribution >= 0.6 is 0 Å². The van der Waals surface area contributed by atoms with Gasteiger partial charge in [0.25, 0.3) is 0 Å². The predicted molar refractivity (Wildman–Crippen MR) is 78.0 cm³/mol. The van der Waals surface area contributed by atoms with Crippen molar-refractivity contribution in [3.63, 3.8) is 0 Å². The SMILES string of the molecule is CC1CCCC(CN)(N(C)C(=O)NC2CCCC2)C1. The molecule has 2 atom stereocenters. The number of likely N-dealkylation sites (N-methyl/N-ethyl adjacent to an activating group) is 1. The fraction of sp³-hybridized carbons (Fsp3) is 0.933. The summed E-state index contributed by atoms with van der Waals surface area (Å²) >= 11 is 0. The van der Waals surface area contributed by atoms with Crippen molar-refractivity contribution in [3.05, 3.63) is 0 Å². The monoisotopic (exact) mass is 267 g/mol. The van der Waals surface area contributed by atoms with E-state index in [2.05, 4.69) is 12.2 Å². The molecule has 0 aromatic rings. The number of urea groups is 1. The zero-order chi connectivity index (χ0) is 13.9. The summed E-state index contributed by atoms with van der Waals surface area (Å²) in [6.45, 7) is 2.85. The lowest BCUT2D eigenvalue weighted by molar-refractivity contribution is 0.0830. The summed E-state index contributed by atoms with van der Waals surface area (Å²) in [5, 5.41) is 3.18. The third-order valence-corrected chi connectivity index (χ3v) is 5.15. The first-order chi connectivity index (χ1) is 9.07. The van der Waals surface area contributed by atoms with Gasteiger partial charge in [-0.3, -0.25) is 0 Å². The predicted octanol–water partition coefficient (Wildman–Crippen LogP) is 2.48. The molecule has 2 aliphatic carbocycles. The maximum absolute atomic E-state index is 12.4. The first-order valence-corrected chi connectivity index (χ1v) is 7.82. The number of carbonyl (C=O) groups is 1.